The molecule has 1 aliphatic heterocycles. The molecule has 38 heavy (non-hydrogen) atoms. The second kappa shape index (κ2) is 12.1. The topological polar surface area (TPSA) is 88.4 Å². The molecule has 0 unspecified atom stereocenters. The van der Waals surface area contributed by atoms with Crippen molar-refractivity contribution < 1.29 is 23.7 Å². The zero-order chi connectivity index (χ0) is 27.4. The van der Waals surface area contributed by atoms with Crippen LogP contribution in [0.25, 0.3) is 6.08 Å². The summed E-state index contributed by atoms with van der Waals surface area (Å²) in [5.41, 5.74) is 1.05. The van der Waals surface area contributed by atoms with Crippen LogP contribution in [0, 0.1) is 0 Å². The van der Waals surface area contributed by atoms with Gasteiger partial charge in [0.2, 0.25) is 0 Å². The molecule has 0 saturated carbocycles. The third-order valence-electron chi connectivity index (χ3n) is 5.62. The fourth-order valence-electron chi connectivity index (χ4n) is 4.11. The highest BCUT2D eigenvalue weighted by atomic mass is 35.5. The Morgan fingerprint density at radius 2 is 1.76 bits per heavy atom. The Labute approximate surface area is 233 Å². The lowest BCUT2D eigenvalue weighted by Gasteiger charge is -2.23. The largest absolute Gasteiger partial charge is 0.492 e. The molecular weight excluding hydrogens is 551 g/mol. The zero-order valence-corrected chi connectivity index (χ0v) is 23.6. The summed E-state index contributed by atoms with van der Waals surface area (Å²) >= 11 is 13.8. The Kier molecular flexibility index (Phi) is 8.81. The van der Waals surface area contributed by atoms with Gasteiger partial charge in [0.25, 0.3) is 5.56 Å². The Bertz CT molecular complexity index is 1580. The first-order valence-corrected chi connectivity index (χ1v) is 13.5. The van der Waals surface area contributed by atoms with E-state index in [1.807, 2.05) is 20.8 Å². The predicted molar refractivity (Wildman–Crippen MR) is 148 cm³/mol. The Morgan fingerprint density at radius 3 is 2.45 bits per heavy atom. The van der Waals surface area contributed by atoms with Crippen LogP contribution in [0.1, 0.15) is 37.9 Å². The quantitative estimate of drug-likeness (QED) is 0.348. The summed E-state index contributed by atoms with van der Waals surface area (Å²) in [5, 5.41) is 0.739. The molecule has 1 atom stereocenters. The molecule has 0 N–H and O–H groups in total. The van der Waals surface area contributed by atoms with Gasteiger partial charge in [-0.2, -0.15) is 0 Å². The van der Waals surface area contributed by atoms with Crippen molar-refractivity contribution >= 4 is 46.6 Å². The molecule has 1 aromatic heterocycles. The molecule has 0 radical (unpaired) electrons. The third-order valence-corrected chi connectivity index (χ3v) is 7.12. The summed E-state index contributed by atoms with van der Waals surface area (Å²) in [6.07, 6.45) is 3.10. The highest BCUT2D eigenvalue weighted by molar-refractivity contribution is 7.07. The number of esters is 1. The van der Waals surface area contributed by atoms with Gasteiger partial charge in [-0.25, -0.2) is 9.79 Å². The van der Waals surface area contributed by atoms with Gasteiger partial charge in [-0.15, -0.1) is 0 Å². The monoisotopic (exact) mass is 576 g/mol. The summed E-state index contributed by atoms with van der Waals surface area (Å²) in [7, 11) is 1.29. The van der Waals surface area contributed by atoms with E-state index in [2.05, 4.69) is 4.99 Å². The second-order valence-corrected chi connectivity index (χ2v) is 9.84. The van der Waals surface area contributed by atoms with Crippen LogP contribution in [0.15, 0.2) is 51.9 Å². The molecular formula is C27H26Cl2N2O6S. The first kappa shape index (κ1) is 27.8. The maximum atomic E-state index is 13.8. The highest BCUT2D eigenvalue weighted by Crippen LogP contribution is 2.35. The van der Waals surface area contributed by atoms with Crippen molar-refractivity contribution in [3.05, 3.63) is 83.0 Å². The van der Waals surface area contributed by atoms with Gasteiger partial charge < -0.3 is 18.9 Å². The average Bonchev–Trinajstić information content (AvgIpc) is 3.21. The summed E-state index contributed by atoms with van der Waals surface area (Å²) < 4.78 is 24.0. The number of methoxy groups -OCH3 is 1. The molecule has 1 aliphatic rings. The van der Waals surface area contributed by atoms with E-state index >= 15 is 0 Å². The van der Waals surface area contributed by atoms with Gasteiger partial charge in [0.1, 0.15) is 5.75 Å². The minimum atomic E-state index is -0.801. The minimum Gasteiger partial charge on any atom is -0.492 e. The van der Waals surface area contributed by atoms with Gasteiger partial charge in [-0.1, -0.05) is 40.6 Å². The number of halogens is 2. The lowest BCUT2D eigenvalue weighted by atomic mass is 9.97. The van der Waals surface area contributed by atoms with Gasteiger partial charge in [0.05, 0.1) is 48.1 Å². The summed E-state index contributed by atoms with van der Waals surface area (Å²) in [4.78, 5) is 31.4. The van der Waals surface area contributed by atoms with E-state index in [4.69, 9.17) is 42.1 Å². The number of fused-ring (bicyclic) bond motifs is 1. The maximum absolute atomic E-state index is 13.8. The minimum absolute atomic E-state index is 0.207. The van der Waals surface area contributed by atoms with Crippen molar-refractivity contribution in [1.82, 2.24) is 4.57 Å². The van der Waals surface area contributed by atoms with Crippen molar-refractivity contribution in [2.24, 2.45) is 4.99 Å². The number of carbonyl (C=O) groups is 1. The lowest BCUT2D eigenvalue weighted by Crippen LogP contribution is -2.39. The van der Waals surface area contributed by atoms with Gasteiger partial charge in [0, 0.05) is 16.8 Å². The number of hydrogen-bond donors (Lipinski definition) is 0. The third kappa shape index (κ3) is 5.45. The molecule has 0 bridgehead atoms. The molecule has 4 rings (SSSR count). The fraction of sp³-hybridized carbons (Fsp3) is 0.296. The SMILES string of the molecule is CCOc1ccc([C@H]2C(C(=O)OC)=CN=c3s/c(=C/c4cc(Cl)cc(Cl)c4OCC)c(=O)n32)cc1OCC. The highest BCUT2D eigenvalue weighted by Gasteiger charge is 2.31. The van der Waals surface area contributed by atoms with Crippen LogP contribution in [-0.4, -0.2) is 37.5 Å². The van der Waals surface area contributed by atoms with E-state index in [1.54, 1.807) is 36.4 Å². The van der Waals surface area contributed by atoms with Crippen LogP contribution >= 0.6 is 34.5 Å². The van der Waals surface area contributed by atoms with E-state index in [-0.39, 0.29) is 11.1 Å². The molecule has 11 heteroatoms. The first-order valence-electron chi connectivity index (χ1n) is 11.9. The van der Waals surface area contributed by atoms with Crippen molar-refractivity contribution in [3.63, 3.8) is 0 Å². The maximum Gasteiger partial charge on any atom is 0.337 e. The van der Waals surface area contributed by atoms with Crippen molar-refractivity contribution in [2.75, 3.05) is 26.9 Å². The van der Waals surface area contributed by atoms with E-state index < -0.39 is 12.0 Å². The van der Waals surface area contributed by atoms with E-state index in [1.165, 1.54) is 29.2 Å². The number of thiazole rings is 1. The number of ether oxygens (including phenoxy) is 4. The number of aromatic nitrogens is 1. The van der Waals surface area contributed by atoms with Crippen molar-refractivity contribution in [3.8, 4) is 17.2 Å². The van der Waals surface area contributed by atoms with Gasteiger partial charge in [0.15, 0.2) is 16.3 Å². The smallest absolute Gasteiger partial charge is 0.337 e. The van der Waals surface area contributed by atoms with Crippen LogP contribution in [0.4, 0.5) is 0 Å². The van der Waals surface area contributed by atoms with Crippen LogP contribution in [0.5, 0.6) is 17.2 Å². The van der Waals surface area contributed by atoms with Crippen LogP contribution in [0.3, 0.4) is 0 Å². The average molecular weight is 577 g/mol. The van der Waals surface area contributed by atoms with Gasteiger partial charge in [-0.05, 0) is 56.7 Å². The molecule has 2 aromatic carbocycles. The fourth-order valence-corrected chi connectivity index (χ4v) is 5.64. The number of nitrogens with zero attached hydrogens (tertiary/aromatic N) is 2. The Morgan fingerprint density at radius 1 is 1.05 bits per heavy atom. The lowest BCUT2D eigenvalue weighted by molar-refractivity contribution is -0.136. The summed E-state index contributed by atoms with van der Waals surface area (Å²) in [5.74, 6) is 0.893. The molecule has 3 aromatic rings. The summed E-state index contributed by atoms with van der Waals surface area (Å²) in [6, 6.07) is 7.78. The van der Waals surface area contributed by atoms with Crippen molar-refractivity contribution in [1.29, 1.82) is 0 Å². The van der Waals surface area contributed by atoms with E-state index in [0.29, 0.717) is 67.6 Å². The summed E-state index contributed by atoms with van der Waals surface area (Å²) in [6.45, 7) is 6.83. The van der Waals surface area contributed by atoms with Crippen LogP contribution in [0.2, 0.25) is 10.0 Å². The molecule has 2 heterocycles. The molecule has 0 saturated heterocycles. The number of carbonyl (C=O) groups excluding carboxylic acids is 1. The Balaban J connectivity index is 1.94. The molecule has 200 valence electrons. The molecule has 0 spiro atoms. The number of benzene rings is 2. The standard InChI is InChI=1S/C27H26Cl2N2O6S/c1-5-35-20-9-8-15(11-21(20)36-6-2)23-18(26(33)34-4)14-30-27-31(23)25(32)22(38-27)12-16-10-17(28)13-19(29)24(16)37-7-3/h8-14,23H,5-7H2,1-4H3/b22-12+/t23-/m0/s1. The molecule has 0 aliphatic carbocycles. The first-order chi connectivity index (χ1) is 18.3. The second-order valence-electron chi connectivity index (χ2n) is 7.99. The number of rotatable bonds is 9. The van der Waals surface area contributed by atoms with Gasteiger partial charge >= 0.3 is 5.97 Å². The van der Waals surface area contributed by atoms with Crippen LogP contribution < -0.4 is 29.1 Å². The zero-order valence-electron chi connectivity index (χ0n) is 21.2. The van der Waals surface area contributed by atoms with Gasteiger partial charge in [-0.3, -0.25) is 9.36 Å². The molecule has 8 nitrogen and oxygen atoms in total. The predicted octanol–water partition coefficient (Wildman–Crippen LogP) is 4.52. The van der Waals surface area contributed by atoms with Crippen LogP contribution in [-0.2, 0) is 9.53 Å². The molecule has 0 amide bonds. The normalized spacial score (nSPS) is 14.8. The van der Waals surface area contributed by atoms with E-state index in [9.17, 15) is 9.59 Å². The number of hydrogen-bond acceptors (Lipinski definition) is 8. The molecule has 0 fully saturated rings. The van der Waals surface area contributed by atoms with Crippen molar-refractivity contribution in [2.45, 2.75) is 26.8 Å². The Hall–Kier alpha value is -3.27. The van der Waals surface area contributed by atoms with E-state index in [0.717, 1.165) is 0 Å².